The van der Waals surface area contributed by atoms with E-state index in [2.05, 4.69) is 15.0 Å². The summed E-state index contributed by atoms with van der Waals surface area (Å²) < 4.78 is 42.8. The summed E-state index contributed by atoms with van der Waals surface area (Å²) in [6, 6.07) is 5.79. The van der Waals surface area contributed by atoms with Gasteiger partial charge in [0, 0.05) is 5.92 Å². The van der Waals surface area contributed by atoms with Gasteiger partial charge in [-0.2, -0.15) is 0 Å². The third kappa shape index (κ3) is 2.97. The third-order valence-electron chi connectivity index (χ3n) is 3.20. The molecule has 1 saturated carbocycles. The van der Waals surface area contributed by atoms with Gasteiger partial charge in [0.1, 0.15) is 5.69 Å². The lowest BCUT2D eigenvalue weighted by atomic mass is 10.2. The lowest BCUT2D eigenvalue weighted by molar-refractivity contribution is -0.274. The molecular formula is C13H11ClF3N3O. The summed E-state index contributed by atoms with van der Waals surface area (Å²) >= 11 is 5.92. The molecule has 8 heteroatoms. The molecule has 112 valence electrons. The normalized spacial score (nSPS) is 15.2. The van der Waals surface area contributed by atoms with E-state index in [1.807, 2.05) is 0 Å². The minimum Gasteiger partial charge on any atom is -0.403 e. The van der Waals surface area contributed by atoms with Crippen LogP contribution in [0.1, 0.15) is 30.1 Å². The Morgan fingerprint density at radius 2 is 2.00 bits per heavy atom. The summed E-state index contributed by atoms with van der Waals surface area (Å²) in [6.45, 7) is 0. The molecule has 0 radical (unpaired) electrons. The van der Waals surface area contributed by atoms with Crippen molar-refractivity contribution in [1.29, 1.82) is 0 Å². The number of ether oxygens (including phenoxy) is 1. The Morgan fingerprint density at radius 1 is 1.29 bits per heavy atom. The second-order valence-electron chi connectivity index (χ2n) is 4.76. The van der Waals surface area contributed by atoms with Gasteiger partial charge in [-0.1, -0.05) is 17.3 Å². The Balaban J connectivity index is 2.04. The molecule has 3 rings (SSSR count). The summed E-state index contributed by atoms with van der Waals surface area (Å²) in [5.74, 6) is 0.103. The predicted octanol–water partition coefficient (Wildman–Crippen LogP) is 3.78. The van der Waals surface area contributed by atoms with E-state index < -0.39 is 6.36 Å². The number of alkyl halides is 4. The number of hydrogen-bond donors (Lipinski definition) is 0. The summed E-state index contributed by atoms with van der Waals surface area (Å²) in [5, 5.41) is 8.00. The van der Waals surface area contributed by atoms with Crippen LogP contribution in [0.15, 0.2) is 24.3 Å². The summed E-state index contributed by atoms with van der Waals surface area (Å²) in [4.78, 5) is 0. The maximum absolute atomic E-state index is 12.5. The molecule has 4 nitrogen and oxygen atoms in total. The molecule has 0 atom stereocenters. The lowest BCUT2D eigenvalue weighted by Gasteiger charge is -2.13. The zero-order valence-electron chi connectivity index (χ0n) is 10.8. The molecule has 21 heavy (non-hydrogen) atoms. The van der Waals surface area contributed by atoms with Gasteiger partial charge in [-0.15, -0.1) is 29.9 Å². The molecule has 1 aromatic carbocycles. The number of hydrogen-bond acceptors (Lipinski definition) is 3. The zero-order valence-corrected chi connectivity index (χ0v) is 11.5. The number of benzene rings is 1. The first-order valence-corrected chi connectivity index (χ1v) is 6.88. The van der Waals surface area contributed by atoms with Gasteiger partial charge >= 0.3 is 6.36 Å². The number of halogens is 4. The van der Waals surface area contributed by atoms with Crippen LogP contribution in [0.4, 0.5) is 13.2 Å². The molecule has 0 unspecified atom stereocenters. The fourth-order valence-corrected chi connectivity index (χ4v) is 2.40. The van der Waals surface area contributed by atoms with Gasteiger partial charge in [-0.05, 0) is 25.0 Å². The van der Waals surface area contributed by atoms with Gasteiger partial charge in [0.15, 0.2) is 5.75 Å². The molecule has 1 aliphatic carbocycles. The molecule has 1 fully saturated rings. The Labute approximate surface area is 123 Å². The van der Waals surface area contributed by atoms with Crippen LogP contribution >= 0.6 is 11.6 Å². The first-order valence-electron chi connectivity index (χ1n) is 6.35. The predicted molar refractivity (Wildman–Crippen MR) is 69.6 cm³/mol. The summed E-state index contributed by atoms with van der Waals surface area (Å²) in [5.41, 5.74) is 1.54. The van der Waals surface area contributed by atoms with E-state index in [4.69, 9.17) is 11.6 Å². The van der Waals surface area contributed by atoms with E-state index in [0.717, 1.165) is 18.5 Å². The van der Waals surface area contributed by atoms with Gasteiger partial charge in [0.25, 0.3) is 0 Å². The summed E-state index contributed by atoms with van der Waals surface area (Å²) in [6.07, 6.45) is -2.76. The average Bonchev–Trinajstić information content (AvgIpc) is 3.17. The highest BCUT2D eigenvalue weighted by molar-refractivity contribution is 6.17. The first-order chi connectivity index (χ1) is 9.99. The number of rotatable bonds is 4. The Morgan fingerprint density at radius 3 is 2.62 bits per heavy atom. The average molecular weight is 318 g/mol. The Kier molecular flexibility index (Phi) is 3.52. The van der Waals surface area contributed by atoms with Crippen molar-refractivity contribution in [3.63, 3.8) is 0 Å². The molecule has 0 bridgehead atoms. The van der Waals surface area contributed by atoms with Gasteiger partial charge in [0.2, 0.25) is 0 Å². The van der Waals surface area contributed by atoms with Crippen molar-refractivity contribution in [2.24, 2.45) is 0 Å². The van der Waals surface area contributed by atoms with Crippen molar-refractivity contribution in [1.82, 2.24) is 15.0 Å². The summed E-state index contributed by atoms with van der Waals surface area (Å²) in [7, 11) is 0. The van der Waals surface area contributed by atoms with Crippen molar-refractivity contribution in [3.8, 4) is 11.4 Å². The quantitative estimate of drug-likeness (QED) is 0.806. The van der Waals surface area contributed by atoms with Crippen LogP contribution in [0.3, 0.4) is 0 Å². The van der Waals surface area contributed by atoms with E-state index in [0.29, 0.717) is 11.6 Å². The largest absolute Gasteiger partial charge is 0.573 e. The van der Waals surface area contributed by atoms with Crippen LogP contribution in [0.5, 0.6) is 5.75 Å². The molecule has 1 heterocycles. The van der Waals surface area contributed by atoms with Crippen LogP contribution < -0.4 is 4.74 Å². The van der Waals surface area contributed by atoms with Crippen molar-refractivity contribution in [3.05, 3.63) is 35.7 Å². The van der Waals surface area contributed by atoms with Crippen molar-refractivity contribution >= 4 is 11.6 Å². The molecule has 0 saturated heterocycles. The maximum atomic E-state index is 12.5. The van der Waals surface area contributed by atoms with Crippen LogP contribution in [0.25, 0.3) is 5.69 Å². The fraction of sp³-hybridized carbons (Fsp3) is 0.385. The highest BCUT2D eigenvalue weighted by atomic mass is 35.5. The molecule has 2 aromatic rings. The second-order valence-corrected chi connectivity index (χ2v) is 5.02. The molecular weight excluding hydrogens is 307 g/mol. The third-order valence-corrected chi connectivity index (χ3v) is 3.46. The molecule has 1 aromatic heterocycles. The van der Waals surface area contributed by atoms with Crippen LogP contribution in [0, 0.1) is 0 Å². The van der Waals surface area contributed by atoms with Gasteiger partial charge in [-0.3, -0.25) is 0 Å². The molecule has 0 N–H and O–H groups in total. The maximum Gasteiger partial charge on any atom is 0.573 e. The van der Waals surface area contributed by atoms with E-state index in [1.165, 1.54) is 22.9 Å². The lowest BCUT2D eigenvalue weighted by Crippen LogP contribution is -2.18. The molecule has 0 aliphatic heterocycles. The standard InChI is InChI=1S/C13H11ClF3N3O/c14-7-10-12(8-5-6-8)18-19-20(10)9-3-1-2-4-11(9)21-13(15,16)17/h1-4,8H,5-7H2. The van der Waals surface area contributed by atoms with Crippen molar-refractivity contribution in [2.75, 3.05) is 0 Å². The minimum atomic E-state index is -4.77. The molecule has 0 spiro atoms. The van der Waals surface area contributed by atoms with E-state index in [-0.39, 0.29) is 17.3 Å². The number of nitrogens with zero attached hydrogens (tertiary/aromatic N) is 3. The van der Waals surface area contributed by atoms with E-state index in [1.54, 1.807) is 6.07 Å². The first kappa shape index (κ1) is 14.2. The number of para-hydroxylation sites is 2. The highest BCUT2D eigenvalue weighted by Gasteiger charge is 2.34. The molecule has 1 aliphatic rings. The zero-order chi connectivity index (χ0) is 15.0. The number of aromatic nitrogens is 3. The topological polar surface area (TPSA) is 39.9 Å². The van der Waals surface area contributed by atoms with E-state index >= 15 is 0 Å². The minimum absolute atomic E-state index is 0.124. The van der Waals surface area contributed by atoms with Gasteiger partial charge < -0.3 is 4.74 Å². The Bertz CT molecular complexity index is 652. The van der Waals surface area contributed by atoms with Gasteiger partial charge in [0.05, 0.1) is 17.3 Å². The van der Waals surface area contributed by atoms with E-state index in [9.17, 15) is 13.2 Å². The van der Waals surface area contributed by atoms with Crippen molar-refractivity contribution < 1.29 is 17.9 Å². The van der Waals surface area contributed by atoms with Crippen LogP contribution in [-0.2, 0) is 5.88 Å². The Hall–Kier alpha value is -1.76. The van der Waals surface area contributed by atoms with Crippen LogP contribution in [-0.4, -0.2) is 21.4 Å². The SMILES string of the molecule is FC(F)(F)Oc1ccccc1-n1nnc(C2CC2)c1CCl. The van der Waals surface area contributed by atoms with Gasteiger partial charge in [-0.25, -0.2) is 4.68 Å². The molecule has 0 amide bonds. The fourth-order valence-electron chi connectivity index (χ4n) is 2.15. The second kappa shape index (κ2) is 5.22. The highest BCUT2D eigenvalue weighted by Crippen LogP contribution is 2.41. The smallest absolute Gasteiger partial charge is 0.403 e. The van der Waals surface area contributed by atoms with Crippen molar-refractivity contribution in [2.45, 2.75) is 31.0 Å². The van der Waals surface area contributed by atoms with Crippen LogP contribution in [0.2, 0.25) is 0 Å². The monoisotopic (exact) mass is 317 g/mol.